The molecular formula is C16H8Br2F3NO. The van der Waals surface area contributed by atoms with E-state index < -0.39 is 17.6 Å². The molecule has 0 spiro atoms. The molecule has 7 heteroatoms. The summed E-state index contributed by atoms with van der Waals surface area (Å²) in [5.74, 6) is -0.434. The lowest BCUT2D eigenvalue weighted by Crippen LogP contribution is -2.08. The van der Waals surface area contributed by atoms with E-state index in [9.17, 15) is 18.0 Å². The highest BCUT2D eigenvalue weighted by Crippen LogP contribution is 2.41. The van der Waals surface area contributed by atoms with Crippen molar-refractivity contribution in [3.05, 3.63) is 62.0 Å². The Morgan fingerprint density at radius 3 is 2.48 bits per heavy atom. The third-order valence-electron chi connectivity index (χ3n) is 3.39. The monoisotopic (exact) mass is 445 g/mol. The number of amides is 1. The minimum atomic E-state index is -4.48. The Hall–Kier alpha value is -1.60. The average Bonchev–Trinajstić information content (AvgIpc) is 2.76. The summed E-state index contributed by atoms with van der Waals surface area (Å²) in [6.07, 6.45) is -3.22. The average molecular weight is 447 g/mol. The Morgan fingerprint density at radius 2 is 1.78 bits per heavy atom. The van der Waals surface area contributed by atoms with Gasteiger partial charge in [0.2, 0.25) is 0 Å². The van der Waals surface area contributed by atoms with Crippen LogP contribution in [0, 0.1) is 0 Å². The van der Waals surface area contributed by atoms with E-state index in [1.807, 2.05) is 0 Å². The van der Waals surface area contributed by atoms with Crippen LogP contribution in [-0.4, -0.2) is 5.91 Å². The SMILES string of the molecule is O=C1Nc2c(Br)cc(Br)cc2C1=Cc1ccccc1C(F)(F)F. The molecule has 0 saturated heterocycles. The number of alkyl halides is 3. The first-order chi connectivity index (χ1) is 10.8. The first kappa shape index (κ1) is 16.3. The molecule has 23 heavy (non-hydrogen) atoms. The van der Waals surface area contributed by atoms with Crippen molar-refractivity contribution < 1.29 is 18.0 Å². The van der Waals surface area contributed by atoms with Crippen molar-refractivity contribution >= 4 is 55.1 Å². The van der Waals surface area contributed by atoms with E-state index in [1.165, 1.54) is 24.3 Å². The smallest absolute Gasteiger partial charge is 0.320 e. The maximum atomic E-state index is 13.1. The lowest BCUT2D eigenvalue weighted by atomic mass is 10.0. The summed E-state index contributed by atoms with van der Waals surface area (Å²) in [4.78, 5) is 12.2. The van der Waals surface area contributed by atoms with E-state index >= 15 is 0 Å². The van der Waals surface area contributed by atoms with Crippen molar-refractivity contribution in [3.8, 4) is 0 Å². The lowest BCUT2D eigenvalue weighted by Gasteiger charge is -2.10. The predicted molar refractivity (Wildman–Crippen MR) is 89.8 cm³/mol. The molecule has 118 valence electrons. The van der Waals surface area contributed by atoms with Crippen molar-refractivity contribution in [2.75, 3.05) is 5.32 Å². The number of carbonyl (C=O) groups excluding carboxylic acids is 1. The van der Waals surface area contributed by atoms with Gasteiger partial charge in [0.15, 0.2) is 0 Å². The molecule has 1 N–H and O–H groups in total. The van der Waals surface area contributed by atoms with Crippen molar-refractivity contribution in [3.63, 3.8) is 0 Å². The van der Waals surface area contributed by atoms with Gasteiger partial charge >= 0.3 is 6.18 Å². The fourth-order valence-electron chi connectivity index (χ4n) is 2.40. The molecular weight excluding hydrogens is 439 g/mol. The quantitative estimate of drug-likeness (QED) is 0.557. The molecule has 0 bridgehead atoms. The molecule has 0 fully saturated rings. The van der Waals surface area contributed by atoms with Crippen LogP contribution in [-0.2, 0) is 11.0 Å². The van der Waals surface area contributed by atoms with Crippen molar-refractivity contribution in [2.45, 2.75) is 6.18 Å². The molecule has 0 atom stereocenters. The number of hydrogen-bond donors (Lipinski definition) is 1. The van der Waals surface area contributed by atoms with Gasteiger partial charge in [-0.3, -0.25) is 4.79 Å². The van der Waals surface area contributed by atoms with Crippen molar-refractivity contribution in [1.29, 1.82) is 0 Å². The van der Waals surface area contributed by atoms with E-state index in [-0.39, 0.29) is 11.1 Å². The Balaban J connectivity index is 2.19. The van der Waals surface area contributed by atoms with E-state index in [4.69, 9.17) is 0 Å². The van der Waals surface area contributed by atoms with E-state index in [0.29, 0.717) is 15.7 Å². The maximum absolute atomic E-state index is 13.1. The van der Waals surface area contributed by atoms with Crippen LogP contribution in [0.4, 0.5) is 18.9 Å². The largest absolute Gasteiger partial charge is 0.416 e. The fourth-order valence-corrected chi connectivity index (χ4v) is 3.72. The van der Waals surface area contributed by atoms with Crippen molar-refractivity contribution in [1.82, 2.24) is 0 Å². The maximum Gasteiger partial charge on any atom is 0.416 e. The summed E-state index contributed by atoms with van der Waals surface area (Å²) in [6, 6.07) is 8.61. The number of anilines is 1. The fraction of sp³-hybridized carbons (Fsp3) is 0.0625. The number of fused-ring (bicyclic) bond motifs is 1. The summed E-state index contributed by atoms with van der Waals surface area (Å²) in [6.45, 7) is 0. The van der Waals surface area contributed by atoms with Gasteiger partial charge in [0, 0.05) is 20.1 Å². The second-order valence-electron chi connectivity index (χ2n) is 4.91. The molecule has 2 aromatic rings. The Morgan fingerprint density at radius 1 is 1.09 bits per heavy atom. The van der Waals surface area contributed by atoms with Crippen LogP contribution in [0.15, 0.2) is 45.3 Å². The van der Waals surface area contributed by atoms with Gasteiger partial charge in [-0.25, -0.2) is 0 Å². The van der Waals surface area contributed by atoms with E-state index in [1.54, 1.807) is 12.1 Å². The minimum absolute atomic E-state index is 0.0471. The molecule has 1 heterocycles. The van der Waals surface area contributed by atoms with Crippen LogP contribution >= 0.6 is 31.9 Å². The summed E-state index contributed by atoms with van der Waals surface area (Å²) < 4.78 is 40.7. The Kier molecular flexibility index (Phi) is 4.10. The van der Waals surface area contributed by atoms with Gasteiger partial charge in [0.25, 0.3) is 5.91 Å². The number of benzene rings is 2. The van der Waals surface area contributed by atoms with E-state index in [2.05, 4.69) is 37.2 Å². The molecule has 2 nitrogen and oxygen atoms in total. The summed E-state index contributed by atoms with van der Waals surface area (Å²) in [5.41, 5.74) is 0.470. The summed E-state index contributed by atoms with van der Waals surface area (Å²) >= 11 is 6.65. The zero-order valence-corrected chi connectivity index (χ0v) is 14.5. The molecule has 0 aromatic heterocycles. The van der Waals surface area contributed by atoms with Gasteiger partial charge in [-0.15, -0.1) is 0 Å². The zero-order valence-electron chi connectivity index (χ0n) is 11.3. The molecule has 1 aliphatic heterocycles. The molecule has 3 rings (SSSR count). The summed E-state index contributed by atoms with van der Waals surface area (Å²) in [7, 11) is 0. The third-order valence-corrected chi connectivity index (χ3v) is 4.48. The molecule has 0 saturated carbocycles. The normalized spacial score (nSPS) is 15.7. The molecule has 0 aliphatic carbocycles. The van der Waals surface area contributed by atoms with Gasteiger partial charge in [0.05, 0.1) is 11.3 Å². The zero-order chi connectivity index (χ0) is 16.8. The van der Waals surface area contributed by atoms with Crippen molar-refractivity contribution in [2.24, 2.45) is 0 Å². The minimum Gasteiger partial charge on any atom is -0.320 e. The number of rotatable bonds is 1. The molecule has 0 unspecified atom stereocenters. The van der Waals surface area contributed by atoms with Gasteiger partial charge in [-0.05, 0) is 45.8 Å². The standard InChI is InChI=1S/C16H8Br2F3NO/c17-9-6-10-11(15(23)22-14(10)13(18)7-9)5-8-3-1-2-4-12(8)16(19,20)21/h1-7H,(H,22,23). The van der Waals surface area contributed by atoms with E-state index in [0.717, 1.165) is 10.5 Å². The number of hydrogen-bond acceptors (Lipinski definition) is 1. The predicted octanol–water partition coefficient (Wildman–Crippen LogP) is 5.72. The molecule has 0 radical (unpaired) electrons. The molecule has 1 aliphatic rings. The van der Waals surface area contributed by atoms with Gasteiger partial charge in [-0.2, -0.15) is 13.2 Å². The van der Waals surface area contributed by atoms with Gasteiger partial charge in [-0.1, -0.05) is 34.1 Å². The second-order valence-corrected chi connectivity index (χ2v) is 6.68. The van der Waals surface area contributed by atoms with Crippen LogP contribution in [0.25, 0.3) is 11.6 Å². The Labute approximate surface area is 146 Å². The Bertz CT molecular complexity index is 844. The van der Waals surface area contributed by atoms with Crippen LogP contribution in [0.5, 0.6) is 0 Å². The summed E-state index contributed by atoms with van der Waals surface area (Å²) in [5, 5.41) is 2.67. The highest BCUT2D eigenvalue weighted by atomic mass is 79.9. The van der Waals surface area contributed by atoms with Crippen LogP contribution < -0.4 is 5.32 Å². The third kappa shape index (κ3) is 3.07. The molecule has 2 aromatic carbocycles. The first-order valence-corrected chi connectivity index (χ1v) is 8.04. The number of nitrogens with one attached hydrogen (secondary N) is 1. The van der Waals surface area contributed by atoms with Crippen LogP contribution in [0.2, 0.25) is 0 Å². The lowest BCUT2D eigenvalue weighted by molar-refractivity contribution is -0.137. The van der Waals surface area contributed by atoms with Gasteiger partial charge < -0.3 is 5.32 Å². The van der Waals surface area contributed by atoms with Crippen LogP contribution in [0.3, 0.4) is 0 Å². The highest BCUT2D eigenvalue weighted by Gasteiger charge is 2.33. The first-order valence-electron chi connectivity index (χ1n) is 6.46. The highest BCUT2D eigenvalue weighted by molar-refractivity contribution is 9.11. The number of carbonyl (C=O) groups is 1. The number of halogens is 5. The topological polar surface area (TPSA) is 29.1 Å². The molecule has 1 amide bonds. The second kappa shape index (κ2) is 5.79. The van der Waals surface area contributed by atoms with Crippen LogP contribution in [0.1, 0.15) is 16.7 Å². The van der Waals surface area contributed by atoms with Gasteiger partial charge in [0.1, 0.15) is 0 Å².